The molecule has 0 aromatic rings. The van der Waals surface area contributed by atoms with Crippen molar-refractivity contribution in [2.75, 3.05) is 24.4 Å². The van der Waals surface area contributed by atoms with Crippen LogP contribution in [-0.2, 0) is 49.5 Å². The van der Waals surface area contributed by atoms with Gasteiger partial charge < -0.3 is 26.8 Å². The zero-order valence-electron chi connectivity index (χ0n) is 16.6. The molecule has 194 valence electrons. The van der Waals surface area contributed by atoms with Gasteiger partial charge in [0.2, 0.25) is 0 Å². The van der Waals surface area contributed by atoms with E-state index in [4.69, 9.17) is 41.2 Å². The number of methoxy groups -OCH3 is 1. The van der Waals surface area contributed by atoms with Gasteiger partial charge in [-0.1, -0.05) is 6.92 Å². The third-order valence-corrected chi connectivity index (χ3v) is 5.38. The second-order valence-electron chi connectivity index (χ2n) is 5.42. The maximum atomic E-state index is 10.5. The largest absolute Gasteiger partial charge is 0.481 e. The Morgan fingerprint density at radius 1 is 0.844 bits per heavy atom. The number of hydrogen-bond acceptors (Lipinski definition) is 12. The molecule has 0 aliphatic rings. The molecule has 0 bridgehead atoms. The molecule has 0 rings (SSSR count). The van der Waals surface area contributed by atoms with Crippen LogP contribution in [0, 0.1) is 5.92 Å². The molecule has 0 aliphatic carbocycles. The van der Waals surface area contributed by atoms with Crippen molar-refractivity contribution in [2.45, 2.75) is 18.3 Å². The van der Waals surface area contributed by atoms with E-state index in [1.54, 1.807) is 0 Å². The number of alkyl halides is 1. The number of rotatable bonds is 9. The standard InChI is InChI=1S/C4H7ClO5S.C4H8O5S.C3H7NO5S.H3N/c1-10-4(6)3(5)2-11(7,8)9;1-3(4(5)6)2-10(7,8)9;4-2(3(5)6)1-10(7,8)9;/h3H,2H2,1H3,(H,7,8,9);3H,2H2,1H3,(H,5,6)(H,7,8,9);2H,1,4H2,(H,5,6)(H,7,8,9);1H3/t2*3-;2-;/m111./s1. The number of hydrogen-bond donors (Lipinski definition) is 7. The van der Waals surface area contributed by atoms with Crippen molar-refractivity contribution < 1.29 is 68.2 Å². The molecule has 0 spiro atoms. The van der Waals surface area contributed by atoms with Crippen molar-refractivity contribution >= 4 is 59.9 Å². The Morgan fingerprint density at radius 2 is 1.19 bits per heavy atom. The van der Waals surface area contributed by atoms with E-state index in [2.05, 4.69) is 4.74 Å². The molecule has 0 saturated carbocycles. The molecule has 0 radical (unpaired) electrons. The van der Waals surface area contributed by atoms with Crippen LogP contribution in [0.5, 0.6) is 0 Å². The zero-order valence-corrected chi connectivity index (χ0v) is 19.8. The zero-order chi connectivity index (χ0) is 25.8. The molecular weight excluding hydrogens is 532 g/mol. The normalized spacial score (nSPS) is 14.0. The van der Waals surface area contributed by atoms with Gasteiger partial charge in [0, 0.05) is 0 Å². The lowest BCUT2D eigenvalue weighted by Crippen LogP contribution is -2.36. The number of esters is 1. The number of carboxylic acids is 2. The Bertz CT molecular complexity index is 866. The molecule has 0 unspecified atom stereocenters. The van der Waals surface area contributed by atoms with Gasteiger partial charge in [-0.05, 0) is 0 Å². The molecule has 17 nitrogen and oxygen atoms in total. The average molecular weight is 557 g/mol. The first-order chi connectivity index (χ1) is 13.5. The summed E-state index contributed by atoms with van der Waals surface area (Å²) in [4.78, 5) is 30.3. The molecule has 32 heavy (non-hydrogen) atoms. The number of nitrogens with two attached hydrogens (primary N) is 1. The monoisotopic (exact) mass is 556 g/mol. The summed E-state index contributed by atoms with van der Waals surface area (Å²) in [5.74, 6) is -7.17. The van der Waals surface area contributed by atoms with Crippen molar-refractivity contribution in [3.63, 3.8) is 0 Å². The van der Waals surface area contributed by atoms with E-state index in [-0.39, 0.29) is 6.15 Å². The van der Waals surface area contributed by atoms with Crippen molar-refractivity contribution in [3.8, 4) is 0 Å². The number of halogens is 1. The minimum Gasteiger partial charge on any atom is -0.481 e. The maximum Gasteiger partial charge on any atom is 0.324 e. The summed E-state index contributed by atoms with van der Waals surface area (Å²) >= 11 is 5.20. The summed E-state index contributed by atoms with van der Waals surface area (Å²) in [5.41, 5.74) is 4.76. The van der Waals surface area contributed by atoms with Crippen LogP contribution < -0.4 is 11.9 Å². The average Bonchev–Trinajstić information content (AvgIpc) is 2.50. The van der Waals surface area contributed by atoms with Gasteiger partial charge in [-0.3, -0.25) is 28.0 Å². The van der Waals surface area contributed by atoms with Crippen LogP contribution >= 0.6 is 11.6 Å². The molecule has 0 heterocycles. The van der Waals surface area contributed by atoms with Crippen LogP contribution in [-0.4, -0.2) is 103 Å². The first-order valence-electron chi connectivity index (χ1n) is 7.31. The van der Waals surface area contributed by atoms with Gasteiger partial charge in [0.15, 0.2) is 0 Å². The topological polar surface area (TPSA) is 325 Å². The van der Waals surface area contributed by atoms with Crippen LogP contribution in [0.2, 0.25) is 0 Å². The minimum absolute atomic E-state index is 0. The fraction of sp³-hybridized carbons (Fsp3) is 0.727. The summed E-state index contributed by atoms with van der Waals surface area (Å²) in [6.07, 6.45) is 0. The van der Waals surface area contributed by atoms with E-state index in [9.17, 15) is 39.6 Å². The highest BCUT2D eigenvalue weighted by Crippen LogP contribution is 2.01. The van der Waals surface area contributed by atoms with Crippen molar-refractivity contribution in [1.82, 2.24) is 6.15 Å². The summed E-state index contributed by atoms with van der Waals surface area (Å²) in [6, 6.07) is -1.56. The van der Waals surface area contributed by atoms with Gasteiger partial charge in [-0.25, -0.2) is 0 Å². The fourth-order valence-electron chi connectivity index (χ4n) is 1.07. The first kappa shape index (κ1) is 37.7. The number of ether oxygens (including phenoxy) is 1. The number of carbonyl (C=O) groups excluding carboxylic acids is 1. The Hall–Kier alpha value is -1.65. The van der Waals surface area contributed by atoms with Crippen LogP contribution in [0.3, 0.4) is 0 Å². The summed E-state index contributed by atoms with van der Waals surface area (Å²) in [6.45, 7) is 1.20. The van der Waals surface area contributed by atoms with Gasteiger partial charge in [-0.15, -0.1) is 11.6 Å². The second kappa shape index (κ2) is 16.0. The molecule has 3 atom stereocenters. The lowest BCUT2D eigenvalue weighted by atomic mass is 10.2. The van der Waals surface area contributed by atoms with Crippen LogP contribution in [0.15, 0.2) is 0 Å². The van der Waals surface area contributed by atoms with Crippen LogP contribution in [0.4, 0.5) is 0 Å². The Balaban J connectivity index is -0.000000181. The van der Waals surface area contributed by atoms with E-state index in [0.717, 1.165) is 7.11 Å². The van der Waals surface area contributed by atoms with Crippen molar-refractivity contribution in [2.24, 2.45) is 11.7 Å². The molecule has 0 aromatic carbocycles. The predicted molar refractivity (Wildman–Crippen MR) is 108 cm³/mol. The maximum absolute atomic E-state index is 10.5. The van der Waals surface area contributed by atoms with E-state index in [0.29, 0.717) is 0 Å². The molecule has 0 amide bonds. The van der Waals surface area contributed by atoms with Gasteiger partial charge >= 0.3 is 17.9 Å². The third kappa shape index (κ3) is 28.4. The fourth-order valence-corrected chi connectivity index (χ4v) is 3.51. The third-order valence-electron chi connectivity index (χ3n) is 2.40. The first-order valence-corrected chi connectivity index (χ1v) is 12.6. The van der Waals surface area contributed by atoms with Crippen molar-refractivity contribution in [3.05, 3.63) is 0 Å². The van der Waals surface area contributed by atoms with E-state index < -0.39 is 82.9 Å². The Morgan fingerprint density at radius 3 is 1.34 bits per heavy atom. The quantitative estimate of drug-likeness (QED) is 0.0890. The Labute approximate surface area is 188 Å². The van der Waals surface area contributed by atoms with Crippen LogP contribution in [0.1, 0.15) is 6.92 Å². The summed E-state index contributed by atoms with van der Waals surface area (Å²) in [7, 11) is -11.6. The lowest BCUT2D eigenvalue weighted by molar-refractivity contribution is -0.141. The van der Waals surface area contributed by atoms with Crippen LogP contribution in [0.25, 0.3) is 0 Å². The number of aliphatic carboxylic acids is 2. The second-order valence-corrected chi connectivity index (χ2v) is 10.4. The highest BCUT2D eigenvalue weighted by Gasteiger charge is 2.22. The molecule has 0 aliphatic heterocycles. The lowest BCUT2D eigenvalue weighted by Gasteiger charge is -2.03. The van der Waals surface area contributed by atoms with E-state index in [1.807, 2.05) is 0 Å². The Kier molecular flexibility index (Phi) is 18.9. The molecule has 0 fully saturated rings. The van der Waals surface area contributed by atoms with Gasteiger partial charge in [0.1, 0.15) is 22.9 Å². The number of carbonyl (C=O) groups is 3. The van der Waals surface area contributed by atoms with Gasteiger partial charge in [0.25, 0.3) is 30.4 Å². The minimum atomic E-state index is -4.27. The summed E-state index contributed by atoms with van der Waals surface area (Å²) < 4.78 is 88.8. The molecule has 21 heteroatoms. The van der Waals surface area contributed by atoms with Crippen molar-refractivity contribution in [1.29, 1.82) is 0 Å². The highest BCUT2D eigenvalue weighted by atomic mass is 35.5. The predicted octanol–water partition coefficient (Wildman–Crippen LogP) is -2.30. The molecule has 0 aromatic heterocycles. The number of carboxylic acid groups (broad SMARTS) is 2. The smallest absolute Gasteiger partial charge is 0.324 e. The molecule has 10 N–H and O–H groups in total. The molecule has 0 saturated heterocycles. The summed E-state index contributed by atoms with van der Waals surface area (Å²) in [5, 5.41) is 14.9. The van der Waals surface area contributed by atoms with E-state index >= 15 is 0 Å². The van der Waals surface area contributed by atoms with Gasteiger partial charge in [-0.2, -0.15) is 25.3 Å². The van der Waals surface area contributed by atoms with Gasteiger partial charge in [0.05, 0.1) is 18.8 Å². The molecular formula is C11H25ClN2O15S3. The van der Waals surface area contributed by atoms with E-state index in [1.165, 1.54) is 6.92 Å². The highest BCUT2D eigenvalue weighted by molar-refractivity contribution is 7.86. The SMILES string of the molecule is COC(=O)[C@H](Cl)CS(=O)(=O)O.C[C@H](CS(=O)(=O)O)C(=O)O.N.N[C@H](CS(=O)(=O)O)C(=O)O.